The van der Waals surface area contributed by atoms with Crippen molar-refractivity contribution in [3.63, 3.8) is 0 Å². The van der Waals surface area contributed by atoms with Crippen LogP contribution in [0.15, 0.2) is 71.5 Å². The van der Waals surface area contributed by atoms with Gasteiger partial charge in [0.05, 0.1) is 12.1 Å². The van der Waals surface area contributed by atoms with E-state index in [9.17, 15) is 9.59 Å². The lowest BCUT2D eigenvalue weighted by Crippen LogP contribution is -2.49. The Morgan fingerprint density at radius 2 is 1.58 bits per heavy atom. The molecule has 3 aromatic rings. The fourth-order valence-electron chi connectivity index (χ4n) is 3.82. The SMILES string of the molecule is CC(C)c1ccc(-n2nc(N3CCN(C(=O)Cc4ccccc4)CC3)ccc2=O)cc1. The van der Waals surface area contributed by atoms with Crippen molar-refractivity contribution in [3.8, 4) is 5.69 Å². The number of piperazine rings is 1. The Morgan fingerprint density at radius 3 is 2.23 bits per heavy atom. The number of carbonyl (C=O) groups excluding carboxylic acids is 1. The molecule has 0 aliphatic carbocycles. The summed E-state index contributed by atoms with van der Waals surface area (Å²) in [4.78, 5) is 29.1. The fourth-order valence-corrected chi connectivity index (χ4v) is 3.82. The van der Waals surface area contributed by atoms with Gasteiger partial charge in [-0.25, -0.2) is 0 Å². The van der Waals surface area contributed by atoms with Gasteiger partial charge in [0.1, 0.15) is 5.82 Å². The van der Waals surface area contributed by atoms with Gasteiger partial charge in [0.25, 0.3) is 5.56 Å². The van der Waals surface area contributed by atoms with Crippen LogP contribution in [0.25, 0.3) is 5.69 Å². The van der Waals surface area contributed by atoms with Crippen molar-refractivity contribution in [1.82, 2.24) is 14.7 Å². The molecule has 1 aromatic heterocycles. The Bertz CT molecular complexity index is 1080. The minimum Gasteiger partial charge on any atom is -0.352 e. The molecule has 0 unspecified atom stereocenters. The zero-order valence-corrected chi connectivity index (χ0v) is 18.1. The zero-order valence-electron chi connectivity index (χ0n) is 18.1. The van der Waals surface area contributed by atoms with Crippen molar-refractivity contribution in [1.29, 1.82) is 0 Å². The van der Waals surface area contributed by atoms with Gasteiger partial charge in [-0.2, -0.15) is 4.68 Å². The molecule has 1 fully saturated rings. The van der Waals surface area contributed by atoms with Gasteiger partial charge >= 0.3 is 0 Å². The average molecular weight is 417 g/mol. The van der Waals surface area contributed by atoms with E-state index in [0.717, 1.165) is 17.1 Å². The number of benzene rings is 2. The number of hydrogen-bond acceptors (Lipinski definition) is 4. The Kier molecular flexibility index (Phi) is 6.16. The summed E-state index contributed by atoms with van der Waals surface area (Å²) in [5.74, 6) is 1.34. The van der Waals surface area contributed by atoms with Crippen LogP contribution >= 0.6 is 0 Å². The van der Waals surface area contributed by atoms with E-state index in [1.54, 1.807) is 12.1 Å². The fraction of sp³-hybridized carbons (Fsp3) is 0.320. The van der Waals surface area contributed by atoms with Gasteiger partial charge in [-0.1, -0.05) is 56.3 Å². The predicted octanol–water partition coefficient (Wildman–Crippen LogP) is 3.25. The van der Waals surface area contributed by atoms with E-state index in [1.807, 2.05) is 59.5 Å². The highest BCUT2D eigenvalue weighted by Gasteiger charge is 2.22. The number of rotatable bonds is 5. The summed E-state index contributed by atoms with van der Waals surface area (Å²) < 4.78 is 1.45. The van der Waals surface area contributed by atoms with Crippen molar-refractivity contribution in [3.05, 3.63) is 88.2 Å². The summed E-state index contributed by atoms with van der Waals surface area (Å²) in [6, 6.07) is 21.1. The van der Waals surface area contributed by atoms with Crippen LogP contribution in [0.5, 0.6) is 0 Å². The molecule has 1 aliphatic heterocycles. The van der Waals surface area contributed by atoms with Crippen LogP contribution in [0.3, 0.4) is 0 Å². The smallest absolute Gasteiger partial charge is 0.271 e. The first-order chi connectivity index (χ1) is 15.0. The van der Waals surface area contributed by atoms with Crippen molar-refractivity contribution in [2.24, 2.45) is 0 Å². The van der Waals surface area contributed by atoms with Gasteiger partial charge in [-0.3, -0.25) is 9.59 Å². The Morgan fingerprint density at radius 1 is 0.903 bits per heavy atom. The Labute approximate surface area is 182 Å². The molecule has 0 radical (unpaired) electrons. The van der Waals surface area contributed by atoms with E-state index in [1.165, 1.54) is 10.2 Å². The summed E-state index contributed by atoms with van der Waals surface area (Å²) in [6.45, 7) is 6.97. The first-order valence-corrected chi connectivity index (χ1v) is 10.8. The van der Waals surface area contributed by atoms with Crippen LogP contribution in [0.1, 0.15) is 30.9 Å². The number of aromatic nitrogens is 2. The quantitative estimate of drug-likeness (QED) is 0.641. The van der Waals surface area contributed by atoms with Gasteiger partial charge in [0.15, 0.2) is 0 Å². The second kappa shape index (κ2) is 9.16. The molecule has 1 saturated heterocycles. The summed E-state index contributed by atoms with van der Waals surface area (Å²) in [5, 5.41) is 4.61. The van der Waals surface area contributed by atoms with E-state index < -0.39 is 0 Å². The van der Waals surface area contributed by atoms with Crippen LogP contribution in [0.2, 0.25) is 0 Å². The van der Waals surface area contributed by atoms with E-state index in [2.05, 4.69) is 23.8 Å². The third-order valence-electron chi connectivity index (χ3n) is 5.75. The maximum atomic E-state index is 12.6. The van der Waals surface area contributed by atoms with Crippen molar-refractivity contribution >= 4 is 11.7 Å². The predicted molar refractivity (Wildman–Crippen MR) is 123 cm³/mol. The Balaban J connectivity index is 1.43. The number of hydrogen-bond donors (Lipinski definition) is 0. The van der Waals surface area contributed by atoms with Crippen LogP contribution in [-0.2, 0) is 11.2 Å². The molecule has 6 nitrogen and oxygen atoms in total. The molecule has 6 heteroatoms. The minimum absolute atomic E-state index is 0.147. The second-order valence-electron chi connectivity index (χ2n) is 8.22. The molecule has 2 heterocycles. The van der Waals surface area contributed by atoms with Gasteiger partial charge < -0.3 is 9.80 Å². The molecule has 0 atom stereocenters. The number of carbonyl (C=O) groups is 1. The molecule has 160 valence electrons. The average Bonchev–Trinajstić information content (AvgIpc) is 2.80. The van der Waals surface area contributed by atoms with Gasteiger partial charge in [-0.05, 0) is 35.2 Å². The summed E-state index contributed by atoms with van der Waals surface area (Å²) >= 11 is 0. The van der Waals surface area contributed by atoms with Gasteiger partial charge in [0, 0.05) is 32.2 Å². The normalized spacial score (nSPS) is 14.2. The van der Waals surface area contributed by atoms with E-state index >= 15 is 0 Å². The van der Waals surface area contributed by atoms with E-state index in [0.29, 0.717) is 38.5 Å². The molecule has 0 spiro atoms. The Hall–Kier alpha value is -3.41. The zero-order chi connectivity index (χ0) is 21.8. The highest BCUT2D eigenvalue weighted by molar-refractivity contribution is 5.79. The molecule has 0 N–H and O–H groups in total. The molecule has 0 bridgehead atoms. The monoisotopic (exact) mass is 416 g/mol. The number of anilines is 1. The third-order valence-corrected chi connectivity index (χ3v) is 5.75. The highest BCUT2D eigenvalue weighted by atomic mass is 16.2. The van der Waals surface area contributed by atoms with Crippen molar-refractivity contribution in [2.75, 3.05) is 31.1 Å². The highest BCUT2D eigenvalue weighted by Crippen LogP contribution is 2.17. The maximum Gasteiger partial charge on any atom is 0.271 e. The summed E-state index contributed by atoms with van der Waals surface area (Å²) in [5.41, 5.74) is 2.86. The van der Waals surface area contributed by atoms with Crippen LogP contribution in [0, 0.1) is 0 Å². The maximum absolute atomic E-state index is 12.6. The van der Waals surface area contributed by atoms with Gasteiger partial charge in [0.2, 0.25) is 5.91 Å². The topological polar surface area (TPSA) is 58.4 Å². The van der Waals surface area contributed by atoms with E-state index in [4.69, 9.17) is 0 Å². The third kappa shape index (κ3) is 4.85. The standard InChI is InChI=1S/C25H28N4O2/c1-19(2)21-8-10-22(11-9-21)29-24(30)13-12-23(26-29)27-14-16-28(17-15-27)25(31)18-20-6-4-3-5-7-20/h3-13,19H,14-18H2,1-2H3. The van der Waals surface area contributed by atoms with Crippen molar-refractivity contribution < 1.29 is 4.79 Å². The number of nitrogens with zero attached hydrogens (tertiary/aromatic N) is 4. The number of amides is 1. The second-order valence-corrected chi connectivity index (χ2v) is 8.22. The molecule has 0 saturated carbocycles. The molecular weight excluding hydrogens is 388 g/mol. The first kappa shape index (κ1) is 20.8. The molecule has 4 rings (SSSR count). The van der Waals surface area contributed by atoms with Crippen LogP contribution in [0.4, 0.5) is 5.82 Å². The molecule has 1 aliphatic rings. The van der Waals surface area contributed by atoms with Crippen molar-refractivity contribution in [2.45, 2.75) is 26.2 Å². The largest absolute Gasteiger partial charge is 0.352 e. The lowest BCUT2D eigenvalue weighted by atomic mass is 10.0. The van der Waals surface area contributed by atoms with E-state index in [-0.39, 0.29) is 11.5 Å². The lowest BCUT2D eigenvalue weighted by molar-refractivity contribution is -0.130. The molecule has 1 amide bonds. The van der Waals surface area contributed by atoms with Crippen LogP contribution < -0.4 is 10.5 Å². The molecule has 31 heavy (non-hydrogen) atoms. The summed E-state index contributed by atoms with van der Waals surface area (Å²) in [7, 11) is 0. The first-order valence-electron chi connectivity index (χ1n) is 10.8. The lowest BCUT2D eigenvalue weighted by Gasteiger charge is -2.35. The molecular formula is C25H28N4O2. The van der Waals surface area contributed by atoms with Gasteiger partial charge in [-0.15, -0.1) is 5.10 Å². The summed E-state index contributed by atoms with van der Waals surface area (Å²) in [6.07, 6.45) is 0.427. The molecule has 2 aromatic carbocycles. The van der Waals surface area contributed by atoms with Crippen LogP contribution in [-0.4, -0.2) is 46.8 Å². The minimum atomic E-state index is -0.155.